The fourth-order valence-corrected chi connectivity index (χ4v) is 0.963. The molecular weight excluding hydrogens is 184 g/mol. The van der Waals surface area contributed by atoms with E-state index in [2.05, 4.69) is 5.32 Å². The van der Waals surface area contributed by atoms with Gasteiger partial charge in [-0.05, 0) is 19.4 Å². The maximum atomic E-state index is 11.1. The SMILES string of the molecule is NCCCC(=O)N[C@H](C=O)CCC=O. The Kier molecular flexibility index (Phi) is 7.64. The van der Waals surface area contributed by atoms with Crippen molar-refractivity contribution in [1.29, 1.82) is 0 Å². The molecule has 0 radical (unpaired) electrons. The van der Waals surface area contributed by atoms with Gasteiger partial charge in [-0.2, -0.15) is 0 Å². The Bertz CT molecular complexity index is 194. The number of hydrogen-bond acceptors (Lipinski definition) is 4. The van der Waals surface area contributed by atoms with Crippen molar-refractivity contribution in [3.05, 3.63) is 0 Å². The lowest BCUT2D eigenvalue weighted by Crippen LogP contribution is -2.36. The van der Waals surface area contributed by atoms with Crippen LogP contribution in [-0.2, 0) is 14.4 Å². The van der Waals surface area contributed by atoms with Gasteiger partial charge < -0.3 is 20.6 Å². The average Bonchev–Trinajstić information content (AvgIpc) is 2.21. The van der Waals surface area contributed by atoms with Crippen LogP contribution in [0, 0.1) is 0 Å². The smallest absolute Gasteiger partial charge is 0.220 e. The standard InChI is InChI=1S/C9H16N2O3/c10-5-1-4-9(14)11-8(7-13)3-2-6-12/h6-8H,1-5,10H2,(H,11,14)/t8-/m0/s1. The first kappa shape index (κ1) is 12.8. The highest BCUT2D eigenvalue weighted by Crippen LogP contribution is 1.94. The second-order valence-electron chi connectivity index (χ2n) is 2.95. The Morgan fingerprint density at radius 3 is 2.64 bits per heavy atom. The maximum absolute atomic E-state index is 11.1. The zero-order valence-electron chi connectivity index (χ0n) is 8.07. The molecule has 5 nitrogen and oxygen atoms in total. The summed E-state index contributed by atoms with van der Waals surface area (Å²) in [5.41, 5.74) is 5.22. The Balaban J connectivity index is 3.73. The third-order valence-electron chi connectivity index (χ3n) is 1.71. The van der Waals surface area contributed by atoms with Gasteiger partial charge in [0.05, 0.1) is 6.04 Å². The minimum absolute atomic E-state index is 0.196. The van der Waals surface area contributed by atoms with Gasteiger partial charge in [0.2, 0.25) is 5.91 Å². The van der Waals surface area contributed by atoms with E-state index in [1.165, 1.54) is 0 Å². The fraction of sp³-hybridized carbons (Fsp3) is 0.667. The molecule has 80 valence electrons. The minimum Gasteiger partial charge on any atom is -0.347 e. The Morgan fingerprint density at radius 2 is 2.14 bits per heavy atom. The maximum Gasteiger partial charge on any atom is 0.220 e. The van der Waals surface area contributed by atoms with E-state index in [4.69, 9.17) is 5.73 Å². The molecule has 0 aliphatic carbocycles. The zero-order chi connectivity index (χ0) is 10.8. The normalized spacial score (nSPS) is 11.8. The molecule has 0 fully saturated rings. The monoisotopic (exact) mass is 200 g/mol. The van der Waals surface area contributed by atoms with Crippen LogP contribution in [0.2, 0.25) is 0 Å². The summed E-state index contributed by atoms with van der Waals surface area (Å²) < 4.78 is 0. The summed E-state index contributed by atoms with van der Waals surface area (Å²) in [6, 6.07) is -0.550. The summed E-state index contributed by atoms with van der Waals surface area (Å²) in [4.78, 5) is 31.6. The van der Waals surface area contributed by atoms with E-state index in [-0.39, 0.29) is 12.3 Å². The summed E-state index contributed by atoms with van der Waals surface area (Å²) in [6.45, 7) is 0.452. The molecule has 0 saturated carbocycles. The molecule has 0 heterocycles. The van der Waals surface area contributed by atoms with E-state index in [1.807, 2.05) is 0 Å². The fourth-order valence-electron chi connectivity index (χ4n) is 0.963. The van der Waals surface area contributed by atoms with Crippen LogP contribution in [0.3, 0.4) is 0 Å². The second kappa shape index (κ2) is 8.37. The molecule has 0 spiro atoms. The number of rotatable bonds is 8. The molecule has 3 N–H and O–H groups in total. The highest BCUT2D eigenvalue weighted by atomic mass is 16.2. The molecule has 0 aromatic rings. The molecule has 0 aliphatic rings. The van der Waals surface area contributed by atoms with Crippen molar-refractivity contribution in [2.24, 2.45) is 5.73 Å². The summed E-state index contributed by atoms with van der Waals surface area (Å²) in [5.74, 6) is -0.196. The molecule has 1 atom stereocenters. The van der Waals surface area contributed by atoms with Crippen molar-refractivity contribution < 1.29 is 14.4 Å². The van der Waals surface area contributed by atoms with E-state index >= 15 is 0 Å². The van der Waals surface area contributed by atoms with E-state index in [0.29, 0.717) is 32.1 Å². The summed E-state index contributed by atoms with van der Waals surface area (Å²) in [7, 11) is 0. The molecule has 0 unspecified atom stereocenters. The van der Waals surface area contributed by atoms with Gasteiger partial charge in [0.1, 0.15) is 12.6 Å². The number of amides is 1. The van der Waals surface area contributed by atoms with Crippen molar-refractivity contribution in [2.45, 2.75) is 31.7 Å². The van der Waals surface area contributed by atoms with Crippen LogP contribution in [-0.4, -0.2) is 31.1 Å². The Morgan fingerprint density at radius 1 is 1.43 bits per heavy atom. The van der Waals surface area contributed by atoms with Gasteiger partial charge >= 0.3 is 0 Å². The second-order valence-corrected chi connectivity index (χ2v) is 2.95. The minimum atomic E-state index is -0.550. The number of hydrogen-bond donors (Lipinski definition) is 2. The lowest BCUT2D eigenvalue weighted by Gasteiger charge is -2.10. The number of carbonyl (C=O) groups excluding carboxylic acids is 3. The van der Waals surface area contributed by atoms with Crippen LogP contribution in [0.5, 0.6) is 0 Å². The summed E-state index contributed by atoms with van der Waals surface area (Å²) >= 11 is 0. The predicted octanol–water partition coefficient (Wildman–Crippen LogP) is -0.612. The van der Waals surface area contributed by atoms with Gasteiger partial charge in [-0.25, -0.2) is 0 Å². The zero-order valence-corrected chi connectivity index (χ0v) is 8.07. The Hall–Kier alpha value is -1.23. The van der Waals surface area contributed by atoms with Crippen LogP contribution in [0.1, 0.15) is 25.7 Å². The molecule has 0 aliphatic heterocycles. The molecular formula is C9H16N2O3. The van der Waals surface area contributed by atoms with E-state index in [0.717, 1.165) is 6.29 Å². The van der Waals surface area contributed by atoms with Crippen molar-refractivity contribution in [2.75, 3.05) is 6.54 Å². The number of nitrogens with two attached hydrogens (primary N) is 1. The number of carbonyl (C=O) groups is 3. The quantitative estimate of drug-likeness (QED) is 0.511. The van der Waals surface area contributed by atoms with Gasteiger partial charge in [-0.1, -0.05) is 0 Å². The van der Waals surface area contributed by atoms with E-state index < -0.39 is 6.04 Å². The molecule has 0 aromatic carbocycles. The van der Waals surface area contributed by atoms with Crippen molar-refractivity contribution in [3.8, 4) is 0 Å². The lowest BCUT2D eigenvalue weighted by molar-refractivity contribution is -0.124. The number of nitrogens with one attached hydrogen (secondary N) is 1. The molecule has 0 bridgehead atoms. The predicted molar refractivity (Wildman–Crippen MR) is 51.6 cm³/mol. The molecule has 0 aromatic heterocycles. The van der Waals surface area contributed by atoms with E-state index in [1.54, 1.807) is 0 Å². The van der Waals surface area contributed by atoms with Gasteiger partial charge in [0, 0.05) is 12.8 Å². The largest absolute Gasteiger partial charge is 0.347 e. The molecule has 0 rings (SSSR count). The third kappa shape index (κ3) is 6.30. The highest BCUT2D eigenvalue weighted by molar-refractivity contribution is 5.79. The topological polar surface area (TPSA) is 89.3 Å². The van der Waals surface area contributed by atoms with Crippen LogP contribution in [0.15, 0.2) is 0 Å². The van der Waals surface area contributed by atoms with Gasteiger partial charge in [-0.3, -0.25) is 4.79 Å². The first-order valence-electron chi connectivity index (χ1n) is 4.63. The lowest BCUT2D eigenvalue weighted by atomic mass is 10.2. The van der Waals surface area contributed by atoms with E-state index in [9.17, 15) is 14.4 Å². The van der Waals surface area contributed by atoms with Crippen LogP contribution in [0.4, 0.5) is 0 Å². The van der Waals surface area contributed by atoms with Gasteiger partial charge in [0.25, 0.3) is 0 Å². The number of aldehydes is 2. The first-order chi connectivity index (χ1) is 6.74. The molecule has 0 saturated heterocycles. The first-order valence-corrected chi connectivity index (χ1v) is 4.63. The van der Waals surface area contributed by atoms with Crippen LogP contribution in [0.25, 0.3) is 0 Å². The molecule has 1 amide bonds. The van der Waals surface area contributed by atoms with Gasteiger partial charge in [-0.15, -0.1) is 0 Å². The van der Waals surface area contributed by atoms with Crippen molar-refractivity contribution in [1.82, 2.24) is 5.32 Å². The van der Waals surface area contributed by atoms with Crippen LogP contribution < -0.4 is 11.1 Å². The molecule has 14 heavy (non-hydrogen) atoms. The third-order valence-corrected chi connectivity index (χ3v) is 1.71. The summed E-state index contributed by atoms with van der Waals surface area (Å²) in [5, 5.41) is 2.51. The van der Waals surface area contributed by atoms with Crippen LogP contribution >= 0.6 is 0 Å². The summed E-state index contributed by atoms with van der Waals surface area (Å²) in [6.07, 6.45) is 2.93. The van der Waals surface area contributed by atoms with Crippen molar-refractivity contribution in [3.63, 3.8) is 0 Å². The van der Waals surface area contributed by atoms with Crippen molar-refractivity contribution >= 4 is 18.5 Å². The van der Waals surface area contributed by atoms with Gasteiger partial charge in [0.15, 0.2) is 0 Å². The molecule has 5 heteroatoms. The Labute approximate surface area is 83.0 Å². The highest BCUT2D eigenvalue weighted by Gasteiger charge is 2.09. The average molecular weight is 200 g/mol.